The molecule has 21 heavy (non-hydrogen) atoms. The van der Waals surface area contributed by atoms with Crippen LogP contribution in [0, 0.1) is 6.92 Å². The van der Waals surface area contributed by atoms with Crippen LogP contribution in [0.5, 0.6) is 0 Å². The van der Waals surface area contributed by atoms with Crippen molar-refractivity contribution in [2.75, 3.05) is 0 Å². The van der Waals surface area contributed by atoms with Crippen LogP contribution in [-0.4, -0.2) is 13.6 Å². The van der Waals surface area contributed by atoms with Crippen LogP contribution in [0.4, 0.5) is 0 Å². The lowest BCUT2D eigenvalue weighted by atomic mass is 10.3. The SMILES string of the molecule is Cc1cc(CONS(=O)(=O)c2cc3ccccc3o2)no1. The van der Waals surface area contributed by atoms with Gasteiger partial charge < -0.3 is 8.94 Å². The molecule has 3 aromatic rings. The summed E-state index contributed by atoms with van der Waals surface area (Å²) in [6, 6.07) is 10.1. The Balaban J connectivity index is 1.71. The highest BCUT2D eigenvalue weighted by atomic mass is 32.2. The second-order valence-electron chi connectivity index (χ2n) is 4.41. The molecule has 0 bridgehead atoms. The molecule has 1 N–H and O–H groups in total. The molecule has 7 nitrogen and oxygen atoms in total. The van der Waals surface area contributed by atoms with Crippen molar-refractivity contribution < 1.29 is 22.2 Å². The predicted molar refractivity (Wildman–Crippen MR) is 72.6 cm³/mol. The molecule has 2 heterocycles. The van der Waals surface area contributed by atoms with E-state index in [1.807, 2.05) is 4.89 Å². The third-order valence-electron chi connectivity index (χ3n) is 2.73. The normalized spacial score (nSPS) is 12.0. The number of nitrogens with one attached hydrogen (secondary N) is 1. The van der Waals surface area contributed by atoms with Crippen molar-refractivity contribution in [3.05, 3.63) is 47.9 Å². The first-order chi connectivity index (χ1) is 10.0. The zero-order valence-electron chi connectivity index (χ0n) is 11.1. The number of hydrogen-bond acceptors (Lipinski definition) is 6. The van der Waals surface area contributed by atoms with Gasteiger partial charge in [-0.3, -0.25) is 4.84 Å². The number of para-hydroxylation sites is 1. The fourth-order valence-electron chi connectivity index (χ4n) is 1.80. The van der Waals surface area contributed by atoms with Crippen LogP contribution >= 0.6 is 0 Å². The van der Waals surface area contributed by atoms with Crippen LogP contribution in [0.3, 0.4) is 0 Å². The van der Waals surface area contributed by atoms with Crippen molar-refractivity contribution in [2.45, 2.75) is 18.6 Å². The lowest BCUT2D eigenvalue weighted by molar-refractivity contribution is 0.0743. The molecule has 0 spiro atoms. The maximum Gasteiger partial charge on any atom is 0.295 e. The molecule has 0 aliphatic rings. The summed E-state index contributed by atoms with van der Waals surface area (Å²) in [5, 5.41) is 4.18. The van der Waals surface area contributed by atoms with E-state index < -0.39 is 10.0 Å². The van der Waals surface area contributed by atoms with Gasteiger partial charge >= 0.3 is 0 Å². The number of sulfonamides is 1. The van der Waals surface area contributed by atoms with Crippen LogP contribution in [0.25, 0.3) is 11.0 Å². The van der Waals surface area contributed by atoms with E-state index in [0.717, 1.165) is 0 Å². The Morgan fingerprint density at radius 1 is 1.29 bits per heavy atom. The number of benzene rings is 1. The quantitative estimate of drug-likeness (QED) is 0.726. The summed E-state index contributed by atoms with van der Waals surface area (Å²) in [4.78, 5) is 6.92. The first-order valence-electron chi connectivity index (χ1n) is 6.09. The molecule has 0 atom stereocenters. The van der Waals surface area contributed by atoms with E-state index in [-0.39, 0.29) is 11.7 Å². The molecule has 3 rings (SSSR count). The Morgan fingerprint density at radius 3 is 2.81 bits per heavy atom. The van der Waals surface area contributed by atoms with Crippen molar-refractivity contribution in [1.29, 1.82) is 0 Å². The lowest BCUT2D eigenvalue weighted by Gasteiger charge is -2.02. The van der Waals surface area contributed by atoms with Gasteiger partial charge in [-0.2, -0.15) is 0 Å². The van der Waals surface area contributed by atoms with E-state index in [1.165, 1.54) is 6.07 Å². The zero-order chi connectivity index (χ0) is 14.9. The number of hydrogen-bond donors (Lipinski definition) is 1. The molecule has 0 aliphatic heterocycles. The molecule has 110 valence electrons. The summed E-state index contributed by atoms with van der Waals surface area (Å²) in [6.45, 7) is 1.69. The number of rotatable bonds is 5. The Bertz CT molecular complexity index is 832. The minimum Gasteiger partial charge on any atom is -0.443 e. The molecule has 2 aromatic heterocycles. The van der Waals surface area contributed by atoms with Crippen molar-refractivity contribution in [1.82, 2.24) is 10.0 Å². The fraction of sp³-hybridized carbons (Fsp3) is 0.154. The number of aryl methyl sites for hydroxylation is 1. The number of furan rings is 1. The summed E-state index contributed by atoms with van der Waals surface area (Å²) < 4.78 is 34.2. The van der Waals surface area contributed by atoms with Crippen LogP contribution < -0.4 is 4.89 Å². The number of aromatic nitrogens is 1. The monoisotopic (exact) mass is 308 g/mol. The van der Waals surface area contributed by atoms with Gasteiger partial charge in [0.2, 0.25) is 5.09 Å². The summed E-state index contributed by atoms with van der Waals surface area (Å²) >= 11 is 0. The molecule has 1 aromatic carbocycles. The minimum atomic E-state index is -3.88. The highest BCUT2D eigenvalue weighted by molar-refractivity contribution is 7.89. The molecule has 0 saturated carbocycles. The summed E-state index contributed by atoms with van der Waals surface area (Å²) in [5.41, 5.74) is 0.977. The molecule has 0 aliphatic carbocycles. The summed E-state index contributed by atoms with van der Waals surface area (Å²) in [6.07, 6.45) is 0. The van der Waals surface area contributed by atoms with Crippen LogP contribution in [0.15, 0.2) is 50.4 Å². The maximum absolute atomic E-state index is 12.0. The standard InChI is InChI=1S/C13H12N2O5S/c1-9-6-11(14-20-9)8-18-15-21(16,17)13-7-10-4-2-3-5-12(10)19-13/h2-7,15H,8H2,1H3. The molecular weight excluding hydrogens is 296 g/mol. The largest absolute Gasteiger partial charge is 0.443 e. The van der Waals surface area contributed by atoms with E-state index in [0.29, 0.717) is 22.4 Å². The van der Waals surface area contributed by atoms with Gasteiger partial charge in [0.05, 0.1) is 0 Å². The van der Waals surface area contributed by atoms with E-state index in [1.54, 1.807) is 37.3 Å². The first-order valence-corrected chi connectivity index (χ1v) is 7.57. The van der Waals surface area contributed by atoms with E-state index in [2.05, 4.69) is 5.16 Å². The van der Waals surface area contributed by atoms with Crippen molar-refractivity contribution in [2.24, 2.45) is 0 Å². The van der Waals surface area contributed by atoms with E-state index in [4.69, 9.17) is 13.8 Å². The average molecular weight is 308 g/mol. The fourth-order valence-corrected chi connectivity index (χ4v) is 2.58. The molecule has 0 unspecified atom stereocenters. The van der Waals surface area contributed by atoms with Gasteiger partial charge in [-0.25, -0.2) is 8.42 Å². The van der Waals surface area contributed by atoms with Gasteiger partial charge in [-0.1, -0.05) is 28.2 Å². The van der Waals surface area contributed by atoms with Crippen molar-refractivity contribution in [3.8, 4) is 0 Å². The van der Waals surface area contributed by atoms with Crippen molar-refractivity contribution >= 4 is 21.0 Å². The molecule has 0 amide bonds. The first kappa shape index (κ1) is 13.8. The van der Waals surface area contributed by atoms with E-state index in [9.17, 15) is 8.42 Å². The number of fused-ring (bicyclic) bond motifs is 1. The van der Waals surface area contributed by atoms with E-state index >= 15 is 0 Å². The second-order valence-corrected chi connectivity index (χ2v) is 5.98. The van der Waals surface area contributed by atoms with Crippen LogP contribution in [-0.2, 0) is 21.5 Å². The molecular formula is C13H12N2O5S. The number of nitrogens with zero attached hydrogens (tertiary/aromatic N) is 1. The van der Waals surface area contributed by atoms with Gasteiger partial charge in [0, 0.05) is 17.5 Å². The third kappa shape index (κ3) is 2.97. The highest BCUT2D eigenvalue weighted by Gasteiger charge is 2.20. The maximum atomic E-state index is 12.0. The molecule has 8 heteroatoms. The Labute approximate surface area is 120 Å². The van der Waals surface area contributed by atoms with Crippen molar-refractivity contribution in [3.63, 3.8) is 0 Å². The Morgan fingerprint density at radius 2 is 2.10 bits per heavy atom. The zero-order valence-corrected chi connectivity index (χ0v) is 11.9. The Hall–Kier alpha value is -2.16. The highest BCUT2D eigenvalue weighted by Crippen LogP contribution is 2.22. The Kier molecular flexibility index (Phi) is 3.50. The topological polar surface area (TPSA) is 94.6 Å². The third-order valence-corrected chi connectivity index (χ3v) is 3.80. The minimum absolute atomic E-state index is 0.0448. The van der Waals surface area contributed by atoms with Gasteiger partial charge in [-0.05, 0) is 13.0 Å². The average Bonchev–Trinajstić information content (AvgIpc) is 3.05. The van der Waals surface area contributed by atoms with Crippen LogP contribution in [0.1, 0.15) is 11.5 Å². The smallest absolute Gasteiger partial charge is 0.295 e. The lowest BCUT2D eigenvalue weighted by Crippen LogP contribution is -2.23. The molecule has 0 fully saturated rings. The van der Waals surface area contributed by atoms with Gasteiger partial charge in [0.15, 0.2) is 0 Å². The van der Waals surface area contributed by atoms with Gasteiger partial charge in [0.25, 0.3) is 10.0 Å². The summed E-state index contributed by atoms with van der Waals surface area (Å²) in [5.74, 6) is 0.619. The van der Waals surface area contributed by atoms with Crippen LogP contribution in [0.2, 0.25) is 0 Å². The van der Waals surface area contributed by atoms with Gasteiger partial charge in [0.1, 0.15) is 23.6 Å². The van der Waals surface area contributed by atoms with Gasteiger partial charge in [-0.15, -0.1) is 0 Å². The second kappa shape index (κ2) is 5.32. The summed E-state index contributed by atoms with van der Waals surface area (Å²) in [7, 11) is -3.88. The molecule has 0 radical (unpaired) electrons. The predicted octanol–water partition coefficient (Wildman–Crippen LogP) is 2.14. The molecule has 0 saturated heterocycles.